The standard InChI is InChI=1S/C15H20N2O/c1-11-10-12(2)17(13-6-4-3-5-7-13)15(18)14(11)8-9-16/h10,13H,3-8H2,1-2H3. The molecule has 3 nitrogen and oxygen atoms in total. The molecule has 1 saturated carbocycles. The lowest BCUT2D eigenvalue weighted by Gasteiger charge is -2.26. The molecule has 1 aliphatic rings. The zero-order chi connectivity index (χ0) is 13.1. The molecule has 1 aromatic heterocycles. The number of nitriles is 1. The Bertz CT molecular complexity index is 531. The lowest BCUT2D eigenvalue weighted by molar-refractivity contribution is 0.340. The van der Waals surface area contributed by atoms with E-state index >= 15 is 0 Å². The summed E-state index contributed by atoms with van der Waals surface area (Å²) in [6.45, 7) is 3.92. The fourth-order valence-electron chi connectivity index (χ4n) is 3.03. The van der Waals surface area contributed by atoms with Crippen molar-refractivity contribution in [3.63, 3.8) is 0 Å². The van der Waals surface area contributed by atoms with Gasteiger partial charge in [-0.25, -0.2) is 0 Å². The molecule has 96 valence electrons. The molecule has 1 aliphatic carbocycles. The van der Waals surface area contributed by atoms with E-state index in [4.69, 9.17) is 5.26 Å². The molecule has 0 saturated heterocycles. The maximum atomic E-state index is 12.5. The number of pyridine rings is 1. The van der Waals surface area contributed by atoms with Gasteiger partial charge in [0.05, 0.1) is 12.5 Å². The number of aromatic nitrogens is 1. The molecule has 18 heavy (non-hydrogen) atoms. The molecule has 0 atom stereocenters. The minimum atomic E-state index is 0.0564. The summed E-state index contributed by atoms with van der Waals surface area (Å²) < 4.78 is 1.93. The highest BCUT2D eigenvalue weighted by molar-refractivity contribution is 5.28. The molecule has 0 N–H and O–H groups in total. The Balaban J connectivity index is 2.49. The van der Waals surface area contributed by atoms with E-state index < -0.39 is 0 Å². The summed E-state index contributed by atoms with van der Waals surface area (Å²) >= 11 is 0. The number of rotatable bonds is 2. The monoisotopic (exact) mass is 244 g/mol. The normalized spacial score (nSPS) is 16.5. The summed E-state index contributed by atoms with van der Waals surface area (Å²) in [6, 6.07) is 4.48. The molecule has 0 unspecified atom stereocenters. The van der Waals surface area contributed by atoms with Crippen molar-refractivity contribution in [1.82, 2.24) is 4.57 Å². The zero-order valence-corrected chi connectivity index (χ0v) is 11.2. The lowest BCUT2D eigenvalue weighted by atomic mass is 9.94. The molecule has 1 aromatic rings. The first-order valence-corrected chi connectivity index (χ1v) is 6.73. The molecule has 2 rings (SSSR count). The lowest BCUT2D eigenvalue weighted by Crippen LogP contribution is -2.31. The number of nitrogens with zero attached hydrogens (tertiary/aromatic N) is 2. The van der Waals surface area contributed by atoms with Crippen LogP contribution in [0.4, 0.5) is 0 Å². The van der Waals surface area contributed by atoms with Crippen LogP contribution in [-0.4, -0.2) is 4.57 Å². The van der Waals surface area contributed by atoms with Crippen molar-refractivity contribution in [2.45, 2.75) is 58.4 Å². The van der Waals surface area contributed by atoms with Gasteiger partial charge in [-0.3, -0.25) is 4.79 Å². The molecule has 0 bridgehead atoms. The van der Waals surface area contributed by atoms with Gasteiger partial charge in [0.2, 0.25) is 0 Å². The molecule has 0 amide bonds. The van der Waals surface area contributed by atoms with Crippen LogP contribution in [0.3, 0.4) is 0 Å². The average molecular weight is 244 g/mol. The first-order valence-electron chi connectivity index (χ1n) is 6.73. The molecule has 0 aromatic carbocycles. The first-order chi connectivity index (χ1) is 8.65. The second-order valence-electron chi connectivity index (χ2n) is 5.25. The van der Waals surface area contributed by atoms with E-state index in [1.54, 1.807) is 0 Å². The smallest absolute Gasteiger partial charge is 0.255 e. The molecule has 0 radical (unpaired) electrons. The van der Waals surface area contributed by atoms with Gasteiger partial charge in [0.15, 0.2) is 0 Å². The number of hydrogen-bond donors (Lipinski definition) is 0. The van der Waals surface area contributed by atoms with Gasteiger partial charge < -0.3 is 4.57 Å². The Labute approximate surface area is 108 Å². The molecule has 1 fully saturated rings. The predicted octanol–water partition coefficient (Wildman–Crippen LogP) is 3.04. The summed E-state index contributed by atoms with van der Waals surface area (Å²) in [6.07, 6.45) is 6.10. The molecule has 3 heteroatoms. The highest BCUT2D eigenvalue weighted by atomic mass is 16.1. The third-order valence-electron chi connectivity index (χ3n) is 3.95. The van der Waals surface area contributed by atoms with Gasteiger partial charge in [0.25, 0.3) is 5.56 Å². The Hall–Kier alpha value is -1.56. The van der Waals surface area contributed by atoms with Crippen LogP contribution < -0.4 is 5.56 Å². The van der Waals surface area contributed by atoms with Crippen molar-refractivity contribution in [1.29, 1.82) is 5.26 Å². The van der Waals surface area contributed by atoms with Gasteiger partial charge in [0.1, 0.15) is 0 Å². The molecule has 0 aliphatic heterocycles. The minimum Gasteiger partial charge on any atom is -0.310 e. The van der Waals surface area contributed by atoms with Crippen molar-refractivity contribution >= 4 is 0 Å². The second kappa shape index (κ2) is 5.39. The fourth-order valence-corrected chi connectivity index (χ4v) is 3.03. The topological polar surface area (TPSA) is 45.8 Å². The predicted molar refractivity (Wildman–Crippen MR) is 71.6 cm³/mol. The van der Waals surface area contributed by atoms with Crippen LogP contribution >= 0.6 is 0 Å². The molecule has 1 heterocycles. The van der Waals surface area contributed by atoms with Crippen molar-refractivity contribution in [2.75, 3.05) is 0 Å². The summed E-state index contributed by atoms with van der Waals surface area (Å²) in [4.78, 5) is 12.5. The van der Waals surface area contributed by atoms with Crippen LogP contribution in [0.25, 0.3) is 0 Å². The van der Waals surface area contributed by atoms with Gasteiger partial charge in [-0.1, -0.05) is 19.3 Å². The maximum Gasteiger partial charge on any atom is 0.255 e. The SMILES string of the molecule is Cc1cc(C)n(C2CCCCC2)c(=O)c1CC#N. The minimum absolute atomic E-state index is 0.0564. The van der Waals surface area contributed by atoms with Crippen LogP contribution in [0.2, 0.25) is 0 Å². The van der Waals surface area contributed by atoms with Crippen molar-refractivity contribution in [3.8, 4) is 6.07 Å². The van der Waals surface area contributed by atoms with Crippen LogP contribution in [0.1, 0.15) is 55.0 Å². The highest BCUT2D eigenvalue weighted by Crippen LogP contribution is 2.28. The summed E-state index contributed by atoms with van der Waals surface area (Å²) in [5, 5.41) is 8.84. The van der Waals surface area contributed by atoms with E-state index in [-0.39, 0.29) is 12.0 Å². The fraction of sp³-hybridized carbons (Fsp3) is 0.600. The van der Waals surface area contributed by atoms with Gasteiger partial charge >= 0.3 is 0 Å². The summed E-state index contributed by atoms with van der Waals surface area (Å²) in [5.41, 5.74) is 2.71. The van der Waals surface area contributed by atoms with E-state index in [2.05, 4.69) is 6.07 Å². The number of hydrogen-bond acceptors (Lipinski definition) is 2. The van der Waals surface area contributed by atoms with Crippen LogP contribution in [0, 0.1) is 25.2 Å². The van der Waals surface area contributed by atoms with Gasteiger partial charge in [-0.15, -0.1) is 0 Å². The highest BCUT2D eigenvalue weighted by Gasteiger charge is 2.20. The summed E-state index contributed by atoms with van der Waals surface area (Å²) in [7, 11) is 0. The van der Waals surface area contributed by atoms with Crippen LogP contribution in [0.5, 0.6) is 0 Å². The van der Waals surface area contributed by atoms with Crippen LogP contribution in [0.15, 0.2) is 10.9 Å². The molecular formula is C15H20N2O. The third-order valence-corrected chi connectivity index (χ3v) is 3.95. The van der Waals surface area contributed by atoms with Crippen molar-refractivity contribution in [3.05, 3.63) is 33.2 Å². The Morgan fingerprint density at radius 2 is 2.00 bits per heavy atom. The van der Waals surface area contributed by atoms with Gasteiger partial charge in [-0.05, 0) is 38.3 Å². The Kier molecular flexibility index (Phi) is 3.86. The van der Waals surface area contributed by atoms with E-state index in [1.807, 2.05) is 24.5 Å². The largest absolute Gasteiger partial charge is 0.310 e. The van der Waals surface area contributed by atoms with E-state index in [9.17, 15) is 4.79 Å². The van der Waals surface area contributed by atoms with Crippen molar-refractivity contribution < 1.29 is 0 Å². The van der Waals surface area contributed by atoms with Gasteiger partial charge in [-0.2, -0.15) is 5.26 Å². The van der Waals surface area contributed by atoms with Crippen molar-refractivity contribution in [2.24, 2.45) is 0 Å². The van der Waals surface area contributed by atoms with Gasteiger partial charge in [0, 0.05) is 17.3 Å². The summed E-state index contributed by atoms with van der Waals surface area (Å²) in [5.74, 6) is 0. The van der Waals surface area contributed by atoms with E-state index in [1.165, 1.54) is 19.3 Å². The molecular weight excluding hydrogens is 224 g/mol. The molecule has 0 spiro atoms. The maximum absolute atomic E-state index is 12.5. The average Bonchev–Trinajstić information content (AvgIpc) is 2.35. The van der Waals surface area contributed by atoms with E-state index in [0.717, 1.165) is 24.1 Å². The third kappa shape index (κ3) is 2.33. The first kappa shape index (κ1) is 12.9. The zero-order valence-electron chi connectivity index (χ0n) is 11.2. The Morgan fingerprint density at radius 3 is 2.61 bits per heavy atom. The number of aryl methyl sites for hydroxylation is 2. The van der Waals surface area contributed by atoms with Crippen LogP contribution in [-0.2, 0) is 6.42 Å². The quantitative estimate of drug-likeness (QED) is 0.802. The van der Waals surface area contributed by atoms with E-state index in [0.29, 0.717) is 11.6 Å². The second-order valence-corrected chi connectivity index (χ2v) is 5.25. The Morgan fingerprint density at radius 1 is 1.33 bits per heavy atom.